The van der Waals surface area contributed by atoms with Gasteiger partial charge in [-0.25, -0.2) is 4.99 Å². The van der Waals surface area contributed by atoms with Gasteiger partial charge in [-0.3, -0.25) is 24.4 Å². The Kier molecular flexibility index (Phi) is 8.04. The molecule has 1 aromatic carbocycles. The molecule has 0 spiro atoms. The molecule has 0 bridgehead atoms. The first-order valence-electron chi connectivity index (χ1n) is 12.3. The van der Waals surface area contributed by atoms with E-state index in [9.17, 15) is 9.59 Å². The van der Waals surface area contributed by atoms with Crippen molar-refractivity contribution in [1.29, 1.82) is 0 Å². The number of hydrazone groups is 1. The van der Waals surface area contributed by atoms with Crippen LogP contribution in [0.15, 0.2) is 33.3 Å². The number of carbonyl (C=O) groups excluding carboxylic acids is 2. The molecule has 10 heteroatoms. The van der Waals surface area contributed by atoms with Gasteiger partial charge in [-0.1, -0.05) is 13.3 Å². The Bertz CT molecular complexity index is 1060. The third-order valence-corrected chi connectivity index (χ3v) is 6.46. The van der Waals surface area contributed by atoms with Crippen LogP contribution in [0.4, 0.5) is 0 Å². The van der Waals surface area contributed by atoms with E-state index in [-0.39, 0.29) is 24.1 Å². The second kappa shape index (κ2) is 11.2. The van der Waals surface area contributed by atoms with E-state index in [1.54, 1.807) is 30.3 Å². The number of β-amino-alcohol motifs (C(OH)–C–C–N with tert-alkyl or cyclic N) is 1. The molecule has 10 nitrogen and oxygen atoms in total. The fraction of sp³-hybridized carbons (Fsp3) is 0.560. The van der Waals surface area contributed by atoms with Gasteiger partial charge in [-0.2, -0.15) is 10.1 Å². The molecule has 1 aromatic rings. The first-order valence-corrected chi connectivity index (χ1v) is 12.3. The van der Waals surface area contributed by atoms with Gasteiger partial charge >= 0.3 is 0 Å². The number of carbonyl (C=O) groups is 2. The Balaban J connectivity index is 1.58. The molecule has 4 rings (SSSR count). The standard InChI is InChI=1S/C25H34N6O4/c1-4-6-19-22-23(29(3)28-19)25(34)27-24(26-22)18-15-17(7-8-21(18)35-5-2)20(33)16-31-11-9-30(10-12-31)13-14-32/h7-8,15,23,32H,4-6,9-14,16H2,1-3H3. The first-order chi connectivity index (χ1) is 16.9. The van der Waals surface area contributed by atoms with Crippen LogP contribution >= 0.6 is 0 Å². The number of aliphatic imine (C=N–C) groups is 2. The van der Waals surface area contributed by atoms with Crippen molar-refractivity contribution in [2.45, 2.75) is 32.7 Å². The van der Waals surface area contributed by atoms with Crippen LogP contribution in [0.2, 0.25) is 0 Å². The molecule has 1 unspecified atom stereocenters. The van der Waals surface area contributed by atoms with E-state index in [2.05, 4.69) is 26.8 Å². The average Bonchev–Trinajstić information content (AvgIpc) is 3.16. The van der Waals surface area contributed by atoms with Crippen molar-refractivity contribution in [3.8, 4) is 5.75 Å². The summed E-state index contributed by atoms with van der Waals surface area (Å²) in [6, 6.07) is 4.66. The molecule has 0 radical (unpaired) electrons. The molecule has 1 atom stereocenters. The molecular formula is C25H34N6O4. The molecule has 0 aliphatic carbocycles. The highest BCUT2D eigenvalue weighted by Gasteiger charge is 2.40. The normalized spacial score (nSPS) is 20.9. The maximum absolute atomic E-state index is 13.1. The van der Waals surface area contributed by atoms with E-state index in [4.69, 9.17) is 14.8 Å². The molecule has 0 saturated carbocycles. The molecule has 1 fully saturated rings. The minimum Gasteiger partial charge on any atom is -0.493 e. The molecule has 35 heavy (non-hydrogen) atoms. The summed E-state index contributed by atoms with van der Waals surface area (Å²) in [5.74, 6) is 0.474. The summed E-state index contributed by atoms with van der Waals surface area (Å²) >= 11 is 0. The van der Waals surface area contributed by atoms with Gasteiger partial charge < -0.3 is 9.84 Å². The van der Waals surface area contributed by atoms with Crippen molar-refractivity contribution in [1.82, 2.24) is 14.8 Å². The van der Waals surface area contributed by atoms with E-state index < -0.39 is 6.04 Å². The lowest BCUT2D eigenvalue weighted by Gasteiger charge is -2.33. The molecule has 3 aliphatic rings. The van der Waals surface area contributed by atoms with Gasteiger partial charge in [0.15, 0.2) is 17.7 Å². The predicted octanol–water partition coefficient (Wildman–Crippen LogP) is 1.08. The quantitative estimate of drug-likeness (QED) is 0.497. The highest BCUT2D eigenvalue weighted by atomic mass is 16.5. The van der Waals surface area contributed by atoms with E-state index in [0.29, 0.717) is 42.3 Å². The number of amides is 1. The zero-order chi connectivity index (χ0) is 24.9. The molecule has 3 heterocycles. The first kappa shape index (κ1) is 25.2. The third-order valence-electron chi connectivity index (χ3n) is 6.46. The van der Waals surface area contributed by atoms with Crippen molar-refractivity contribution in [3.05, 3.63) is 29.3 Å². The largest absolute Gasteiger partial charge is 0.493 e. The summed E-state index contributed by atoms with van der Waals surface area (Å²) in [6.07, 6.45) is 1.62. The van der Waals surface area contributed by atoms with Crippen LogP contribution in [0, 0.1) is 0 Å². The summed E-state index contributed by atoms with van der Waals surface area (Å²) in [4.78, 5) is 39.4. The summed E-state index contributed by atoms with van der Waals surface area (Å²) in [7, 11) is 1.76. The van der Waals surface area contributed by atoms with Crippen molar-refractivity contribution < 1.29 is 19.4 Å². The lowest BCUT2D eigenvalue weighted by atomic mass is 10.0. The molecule has 1 amide bonds. The molecule has 1 N–H and O–H groups in total. The molecular weight excluding hydrogens is 448 g/mol. The minimum atomic E-state index is -0.592. The molecule has 3 aliphatic heterocycles. The van der Waals surface area contributed by atoms with Crippen LogP contribution in [0.3, 0.4) is 0 Å². The highest BCUT2D eigenvalue weighted by molar-refractivity contribution is 6.52. The van der Waals surface area contributed by atoms with Crippen LogP contribution in [0.1, 0.15) is 42.6 Å². The number of amidine groups is 1. The van der Waals surface area contributed by atoms with E-state index in [0.717, 1.165) is 44.7 Å². The van der Waals surface area contributed by atoms with Crippen molar-refractivity contribution in [3.63, 3.8) is 0 Å². The van der Waals surface area contributed by atoms with E-state index >= 15 is 0 Å². The Morgan fingerprint density at radius 3 is 2.57 bits per heavy atom. The predicted molar refractivity (Wildman–Crippen MR) is 135 cm³/mol. The summed E-state index contributed by atoms with van der Waals surface area (Å²) in [6.45, 7) is 8.70. The molecule has 1 saturated heterocycles. The number of Topliss-reactive ketones (excluding diaryl/α,β-unsaturated/α-hetero) is 1. The number of rotatable bonds is 10. The number of nitrogens with zero attached hydrogens (tertiary/aromatic N) is 6. The maximum atomic E-state index is 13.1. The lowest BCUT2D eigenvalue weighted by Crippen LogP contribution is -2.48. The second-order valence-electron chi connectivity index (χ2n) is 8.95. The summed E-state index contributed by atoms with van der Waals surface area (Å²) in [5, 5.41) is 15.3. The fourth-order valence-corrected chi connectivity index (χ4v) is 4.64. The van der Waals surface area contributed by atoms with Gasteiger partial charge in [-0.15, -0.1) is 0 Å². The minimum absolute atomic E-state index is 0.00740. The van der Waals surface area contributed by atoms with Gasteiger partial charge in [0.05, 0.1) is 31.0 Å². The third kappa shape index (κ3) is 5.50. The smallest absolute Gasteiger partial charge is 0.278 e. The number of aliphatic hydroxyl groups excluding tert-OH is 1. The van der Waals surface area contributed by atoms with Gasteiger partial charge in [-0.05, 0) is 31.5 Å². The van der Waals surface area contributed by atoms with Crippen LogP contribution in [0.25, 0.3) is 0 Å². The van der Waals surface area contributed by atoms with Gasteiger partial charge in [0.2, 0.25) is 0 Å². The molecule has 188 valence electrons. The number of hydrogen-bond donors (Lipinski definition) is 1. The Hall–Kier alpha value is -2.95. The van der Waals surface area contributed by atoms with Gasteiger partial charge in [0, 0.05) is 45.3 Å². The number of benzene rings is 1. The number of hydrogen-bond acceptors (Lipinski definition) is 9. The lowest BCUT2D eigenvalue weighted by molar-refractivity contribution is -0.120. The Morgan fingerprint density at radius 1 is 1.14 bits per heavy atom. The maximum Gasteiger partial charge on any atom is 0.278 e. The Morgan fingerprint density at radius 2 is 1.89 bits per heavy atom. The zero-order valence-electron chi connectivity index (χ0n) is 20.7. The van der Waals surface area contributed by atoms with Crippen LogP contribution in [-0.4, -0.2) is 114 Å². The molecule has 0 aromatic heterocycles. The SMILES string of the molecule is CCCC1=NN(C)C2C(=O)N=C(c3cc(C(=O)CN4CCN(CCO)CC4)ccc3OCC)N=C12. The number of piperazine rings is 1. The second-order valence-corrected chi connectivity index (χ2v) is 8.95. The number of likely N-dealkylation sites (N-methyl/N-ethyl adjacent to an activating group) is 1. The van der Waals surface area contributed by atoms with Crippen LogP contribution in [-0.2, 0) is 4.79 Å². The number of aliphatic hydroxyl groups is 1. The van der Waals surface area contributed by atoms with Crippen LogP contribution in [0.5, 0.6) is 5.75 Å². The number of ketones is 1. The number of fused-ring (bicyclic) bond motifs is 1. The van der Waals surface area contributed by atoms with Crippen molar-refractivity contribution in [2.75, 3.05) is 59.5 Å². The van der Waals surface area contributed by atoms with Crippen LogP contribution < -0.4 is 4.74 Å². The van der Waals surface area contributed by atoms with Crippen molar-refractivity contribution >= 4 is 28.9 Å². The Labute approximate surface area is 206 Å². The monoisotopic (exact) mass is 482 g/mol. The average molecular weight is 483 g/mol. The fourth-order valence-electron chi connectivity index (χ4n) is 4.64. The zero-order valence-corrected chi connectivity index (χ0v) is 20.7. The topological polar surface area (TPSA) is 110 Å². The van der Waals surface area contributed by atoms with Gasteiger partial charge in [0.1, 0.15) is 11.5 Å². The number of ether oxygens (including phenoxy) is 1. The summed E-state index contributed by atoms with van der Waals surface area (Å²) < 4.78 is 5.80. The van der Waals surface area contributed by atoms with E-state index in [1.165, 1.54) is 0 Å². The highest BCUT2D eigenvalue weighted by Crippen LogP contribution is 2.27. The summed E-state index contributed by atoms with van der Waals surface area (Å²) in [5.41, 5.74) is 2.50. The van der Waals surface area contributed by atoms with Gasteiger partial charge in [0.25, 0.3) is 5.91 Å². The van der Waals surface area contributed by atoms with Crippen molar-refractivity contribution in [2.24, 2.45) is 15.1 Å². The van der Waals surface area contributed by atoms with E-state index in [1.807, 2.05) is 6.92 Å².